The highest BCUT2D eigenvalue weighted by atomic mass is 16.5. The molecule has 116 valence electrons. The molecule has 1 aliphatic carbocycles. The van der Waals surface area contributed by atoms with Gasteiger partial charge in [0.25, 0.3) is 0 Å². The first-order chi connectivity index (χ1) is 9.90. The maximum Gasteiger partial charge on any atom is 0.223 e. The van der Waals surface area contributed by atoms with Crippen LogP contribution in [0.3, 0.4) is 0 Å². The van der Waals surface area contributed by atoms with E-state index >= 15 is 0 Å². The number of benzene rings is 1. The van der Waals surface area contributed by atoms with Gasteiger partial charge in [-0.15, -0.1) is 0 Å². The third-order valence-corrected chi connectivity index (χ3v) is 3.75. The monoisotopic (exact) mass is 290 g/mol. The van der Waals surface area contributed by atoms with Gasteiger partial charge in [-0.2, -0.15) is 0 Å². The molecule has 4 nitrogen and oxygen atoms in total. The molecule has 2 rings (SSSR count). The van der Waals surface area contributed by atoms with Crippen LogP contribution in [-0.4, -0.2) is 31.6 Å². The summed E-state index contributed by atoms with van der Waals surface area (Å²) in [5.41, 5.74) is 1.32. The first-order valence-electron chi connectivity index (χ1n) is 7.57. The van der Waals surface area contributed by atoms with E-state index in [-0.39, 0.29) is 17.4 Å². The van der Waals surface area contributed by atoms with E-state index in [9.17, 15) is 4.79 Å². The second-order valence-electron chi connectivity index (χ2n) is 6.69. The van der Waals surface area contributed by atoms with Gasteiger partial charge in [-0.25, -0.2) is 0 Å². The van der Waals surface area contributed by atoms with Gasteiger partial charge >= 0.3 is 0 Å². The SMILES string of the molecule is COc1ccc(C2CC2C(=O)NCCNC(C)(C)C)cc1. The summed E-state index contributed by atoms with van der Waals surface area (Å²) in [6, 6.07) is 8.02. The molecule has 4 heteroatoms. The molecule has 1 aliphatic rings. The Morgan fingerprint density at radius 2 is 1.90 bits per heavy atom. The average molecular weight is 290 g/mol. The van der Waals surface area contributed by atoms with Gasteiger partial charge in [0.2, 0.25) is 5.91 Å². The Kier molecular flexibility index (Phi) is 4.88. The van der Waals surface area contributed by atoms with E-state index in [4.69, 9.17) is 4.74 Å². The number of carbonyl (C=O) groups is 1. The van der Waals surface area contributed by atoms with Gasteiger partial charge in [0.05, 0.1) is 7.11 Å². The summed E-state index contributed by atoms with van der Waals surface area (Å²) in [4.78, 5) is 12.1. The highest BCUT2D eigenvalue weighted by Crippen LogP contribution is 2.47. The summed E-state index contributed by atoms with van der Waals surface area (Å²) in [6.45, 7) is 7.84. The van der Waals surface area contributed by atoms with Crippen molar-refractivity contribution in [1.29, 1.82) is 0 Å². The molecule has 0 spiro atoms. The predicted molar refractivity (Wildman–Crippen MR) is 84.6 cm³/mol. The predicted octanol–water partition coefficient (Wildman–Crippen LogP) is 2.30. The summed E-state index contributed by atoms with van der Waals surface area (Å²) >= 11 is 0. The molecule has 2 unspecified atom stereocenters. The number of nitrogens with one attached hydrogen (secondary N) is 2. The van der Waals surface area contributed by atoms with Gasteiger partial charge in [0, 0.05) is 24.5 Å². The second kappa shape index (κ2) is 6.48. The Balaban J connectivity index is 1.73. The third-order valence-electron chi connectivity index (χ3n) is 3.75. The second-order valence-corrected chi connectivity index (χ2v) is 6.69. The van der Waals surface area contributed by atoms with Gasteiger partial charge in [-0.05, 0) is 50.8 Å². The molecule has 1 aromatic rings. The Morgan fingerprint density at radius 3 is 2.48 bits per heavy atom. The van der Waals surface area contributed by atoms with E-state index < -0.39 is 0 Å². The van der Waals surface area contributed by atoms with Crippen LogP contribution in [0, 0.1) is 5.92 Å². The van der Waals surface area contributed by atoms with Crippen LogP contribution < -0.4 is 15.4 Å². The van der Waals surface area contributed by atoms with Gasteiger partial charge in [0.15, 0.2) is 0 Å². The Labute approximate surface area is 127 Å². The number of hydrogen-bond donors (Lipinski definition) is 2. The topological polar surface area (TPSA) is 50.4 Å². The minimum atomic E-state index is 0.0932. The van der Waals surface area contributed by atoms with E-state index in [2.05, 4.69) is 43.5 Å². The van der Waals surface area contributed by atoms with Gasteiger partial charge in [0.1, 0.15) is 5.75 Å². The highest BCUT2D eigenvalue weighted by molar-refractivity contribution is 5.82. The maximum atomic E-state index is 12.1. The lowest BCUT2D eigenvalue weighted by Gasteiger charge is -2.20. The summed E-state index contributed by atoms with van der Waals surface area (Å²) in [7, 11) is 1.66. The molecule has 0 saturated heterocycles. The van der Waals surface area contributed by atoms with Gasteiger partial charge in [-0.3, -0.25) is 4.79 Å². The van der Waals surface area contributed by atoms with Crippen LogP contribution in [0.25, 0.3) is 0 Å². The lowest BCUT2D eigenvalue weighted by Crippen LogP contribution is -2.41. The molecule has 1 amide bonds. The number of amides is 1. The van der Waals surface area contributed by atoms with Crippen LogP contribution in [0.1, 0.15) is 38.7 Å². The minimum absolute atomic E-state index is 0.0932. The lowest BCUT2D eigenvalue weighted by atomic mass is 10.1. The molecule has 2 atom stereocenters. The summed E-state index contributed by atoms with van der Waals surface area (Å²) in [5.74, 6) is 1.53. The van der Waals surface area contributed by atoms with Crippen molar-refractivity contribution in [2.45, 2.75) is 38.6 Å². The van der Waals surface area contributed by atoms with Crippen LogP contribution in [0.15, 0.2) is 24.3 Å². The number of ether oxygens (including phenoxy) is 1. The van der Waals surface area contributed by atoms with Crippen molar-refractivity contribution < 1.29 is 9.53 Å². The van der Waals surface area contributed by atoms with Gasteiger partial charge in [-0.1, -0.05) is 12.1 Å². The molecule has 2 N–H and O–H groups in total. The molecule has 0 aromatic heterocycles. The third kappa shape index (κ3) is 4.74. The minimum Gasteiger partial charge on any atom is -0.497 e. The van der Waals surface area contributed by atoms with Crippen LogP contribution in [0.5, 0.6) is 5.75 Å². The molecule has 1 saturated carbocycles. The van der Waals surface area contributed by atoms with E-state index in [0.717, 1.165) is 18.7 Å². The van der Waals surface area contributed by atoms with Crippen LogP contribution in [-0.2, 0) is 4.79 Å². The molecular formula is C17H26N2O2. The fourth-order valence-corrected chi connectivity index (χ4v) is 2.46. The van der Waals surface area contributed by atoms with E-state index in [1.807, 2.05) is 12.1 Å². The standard InChI is InChI=1S/C17H26N2O2/c1-17(2,3)19-10-9-18-16(20)15-11-14(15)12-5-7-13(21-4)8-6-12/h5-8,14-15,19H,9-11H2,1-4H3,(H,18,20). The maximum absolute atomic E-state index is 12.1. The zero-order chi connectivity index (χ0) is 15.5. The van der Waals surface area contributed by atoms with Crippen molar-refractivity contribution in [3.8, 4) is 5.75 Å². The molecule has 0 aliphatic heterocycles. The average Bonchev–Trinajstić information content (AvgIpc) is 3.23. The molecule has 1 fully saturated rings. The largest absolute Gasteiger partial charge is 0.497 e. The molecular weight excluding hydrogens is 264 g/mol. The highest BCUT2D eigenvalue weighted by Gasteiger charge is 2.43. The smallest absolute Gasteiger partial charge is 0.223 e. The van der Waals surface area contributed by atoms with E-state index in [1.165, 1.54) is 5.56 Å². The fourth-order valence-electron chi connectivity index (χ4n) is 2.46. The van der Waals surface area contributed by atoms with Crippen molar-refractivity contribution >= 4 is 5.91 Å². The van der Waals surface area contributed by atoms with Crippen LogP contribution in [0.2, 0.25) is 0 Å². The quantitative estimate of drug-likeness (QED) is 0.790. The van der Waals surface area contributed by atoms with Crippen molar-refractivity contribution in [3.05, 3.63) is 29.8 Å². The van der Waals surface area contributed by atoms with Crippen LogP contribution in [0.4, 0.5) is 0 Å². The molecule has 0 heterocycles. The van der Waals surface area contributed by atoms with Crippen molar-refractivity contribution in [3.63, 3.8) is 0 Å². The zero-order valence-corrected chi connectivity index (χ0v) is 13.4. The van der Waals surface area contributed by atoms with Crippen molar-refractivity contribution in [2.24, 2.45) is 5.92 Å². The normalized spacial score (nSPS) is 21.0. The lowest BCUT2D eigenvalue weighted by molar-refractivity contribution is -0.122. The van der Waals surface area contributed by atoms with Gasteiger partial charge < -0.3 is 15.4 Å². The summed E-state index contributed by atoms with van der Waals surface area (Å²) in [6.07, 6.45) is 0.949. The van der Waals surface area contributed by atoms with Crippen molar-refractivity contribution in [1.82, 2.24) is 10.6 Å². The van der Waals surface area contributed by atoms with E-state index in [1.54, 1.807) is 7.11 Å². The zero-order valence-electron chi connectivity index (χ0n) is 13.4. The molecule has 0 bridgehead atoms. The Bertz CT molecular complexity index is 477. The fraction of sp³-hybridized carbons (Fsp3) is 0.588. The first-order valence-corrected chi connectivity index (χ1v) is 7.57. The number of rotatable bonds is 6. The molecule has 0 radical (unpaired) electrons. The number of hydrogen-bond acceptors (Lipinski definition) is 3. The Hall–Kier alpha value is -1.55. The molecule has 21 heavy (non-hydrogen) atoms. The molecule has 1 aromatic carbocycles. The number of methoxy groups -OCH3 is 1. The summed E-state index contributed by atoms with van der Waals surface area (Å²) < 4.78 is 5.15. The number of carbonyl (C=O) groups excluding carboxylic acids is 1. The first kappa shape index (κ1) is 15.8. The van der Waals surface area contributed by atoms with Crippen LogP contribution >= 0.6 is 0 Å². The summed E-state index contributed by atoms with van der Waals surface area (Å²) in [5, 5.41) is 6.38. The van der Waals surface area contributed by atoms with E-state index in [0.29, 0.717) is 12.5 Å². The van der Waals surface area contributed by atoms with Crippen molar-refractivity contribution in [2.75, 3.05) is 20.2 Å². The Morgan fingerprint density at radius 1 is 1.24 bits per heavy atom.